The zero-order valence-corrected chi connectivity index (χ0v) is 15.1. The van der Waals surface area contributed by atoms with Gasteiger partial charge in [-0.2, -0.15) is 5.10 Å². The Hall–Kier alpha value is -2.05. The third kappa shape index (κ3) is 5.54. The normalized spacial score (nSPS) is 15.0. The smallest absolute Gasteiger partial charge is 0.244 e. The number of nitrogens with zero attached hydrogens (tertiary/aromatic N) is 4. The van der Waals surface area contributed by atoms with Crippen molar-refractivity contribution in [1.29, 1.82) is 0 Å². The molecular formula is C17H30N6O. The number of amides is 1. The maximum Gasteiger partial charge on any atom is 0.244 e. The summed E-state index contributed by atoms with van der Waals surface area (Å²) in [5.41, 5.74) is 2.24. The number of likely N-dealkylation sites (tertiary alicyclic amines) is 1. The summed E-state index contributed by atoms with van der Waals surface area (Å²) >= 11 is 0. The van der Waals surface area contributed by atoms with Gasteiger partial charge in [0.05, 0.1) is 5.69 Å². The molecule has 0 aromatic carbocycles. The number of aromatic nitrogens is 2. The standard InChI is InChI=1S/C17H30N6O/c1-4-18-17(20-13-16(24)22-9-5-6-10-22)19-8-7-11-23-15(3)12-14(2)21-23/h12H,4-11,13H2,1-3H3,(H2,18,19,20). The Bertz CT molecular complexity index is 559. The molecule has 24 heavy (non-hydrogen) atoms. The fourth-order valence-electron chi connectivity index (χ4n) is 2.89. The second-order valence-corrected chi connectivity index (χ2v) is 6.21. The number of rotatable bonds is 7. The minimum absolute atomic E-state index is 0.118. The Labute approximate surface area is 144 Å². The quantitative estimate of drug-likeness (QED) is 0.444. The molecule has 1 amide bonds. The number of nitrogens with one attached hydrogen (secondary N) is 2. The molecule has 0 atom stereocenters. The predicted octanol–water partition coefficient (Wildman–Crippen LogP) is 1.07. The summed E-state index contributed by atoms with van der Waals surface area (Å²) in [6.45, 7) is 10.5. The van der Waals surface area contributed by atoms with E-state index in [1.54, 1.807) is 0 Å². The van der Waals surface area contributed by atoms with Crippen LogP contribution in [0.15, 0.2) is 11.1 Å². The molecule has 1 aliphatic heterocycles. The van der Waals surface area contributed by atoms with Crippen LogP contribution in [0.25, 0.3) is 0 Å². The molecule has 1 aromatic heterocycles. The Balaban J connectivity index is 1.74. The maximum absolute atomic E-state index is 12.1. The molecule has 0 unspecified atom stereocenters. The molecule has 2 heterocycles. The van der Waals surface area contributed by atoms with E-state index in [9.17, 15) is 4.79 Å². The zero-order valence-electron chi connectivity index (χ0n) is 15.1. The van der Waals surface area contributed by atoms with Gasteiger partial charge in [0.25, 0.3) is 0 Å². The highest BCUT2D eigenvalue weighted by Gasteiger charge is 2.17. The number of guanidine groups is 1. The molecule has 0 saturated carbocycles. The molecule has 1 aliphatic rings. The van der Waals surface area contributed by atoms with Gasteiger partial charge in [0.2, 0.25) is 5.91 Å². The first-order valence-electron chi connectivity index (χ1n) is 8.91. The van der Waals surface area contributed by atoms with Crippen LogP contribution < -0.4 is 10.6 Å². The van der Waals surface area contributed by atoms with Gasteiger partial charge in [-0.05, 0) is 46.1 Å². The Morgan fingerprint density at radius 3 is 2.67 bits per heavy atom. The average Bonchev–Trinajstić information content (AvgIpc) is 3.18. The van der Waals surface area contributed by atoms with Gasteiger partial charge in [-0.3, -0.25) is 9.48 Å². The van der Waals surface area contributed by atoms with Crippen LogP contribution in [-0.4, -0.2) is 59.3 Å². The number of aryl methyl sites for hydroxylation is 3. The van der Waals surface area contributed by atoms with Gasteiger partial charge in [0.15, 0.2) is 5.96 Å². The van der Waals surface area contributed by atoms with Gasteiger partial charge in [0, 0.05) is 38.4 Å². The third-order valence-corrected chi connectivity index (χ3v) is 4.12. The summed E-state index contributed by atoms with van der Waals surface area (Å²) in [5, 5.41) is 10.9. The lowest BCUT2D eigenvalue weighted by Gasteiger charge is -2.15. The van der Waals surface area contributed by atoms with E-state index in [-0.39, 0.29) is 12.5 Å². The van der Waals surface area contributed by atoms with Crippen LogP contribution >= 0.6 is 0 Å². The molecule has 7 heteroatoms. The first kappa shape index (κ1) is 18.3. The summed E-state index contributed by atoms with van der Waals surface area (Å²) in [6.07, 6.45) is 3.17. The minimum Gasteiger partial charge on any atom is -0.357 e. The molecule has 1 fully saturated rings. The highest BCUT2D eigenvalue weighted by atomic mass is 16.2. The van der Waals surface area contributed by atoms with Crippen LogP contribution in [0.4, 0.5) is 0 Å². The second-order valence-electron chi connectivity index (χ2n) is 6.21. The largest absolute Gasteiger partial charge is 0.357 e. The Morgan fingerprint density at radius 2 is 2.04 bits per heavy atom. The van der Waals surface area contributed by atoms with E-state index in [1.807, 2.05) is 23.4 Å². The van der Waals surface area contributed by atoms with Crippen molar-refractivity contribution in [2.45, 2.75) is 46.6 Å². The molecule has 2 N–H and O–H groups in total. The Kier molecular flexibility index (Phi) is 7.08. The van der Waals surface area contributed by atoms with Crippen LogP contribution in [0.3, 0.4) is 0 Å². The maximum atomic E-state index is 12.1. The van der Waals surface area contributed by atoms with E-state index in [2.05, 4.69) is 33.7 Å². The molecule has 0 radical (unpaired) electrons. The summed E-state index contributed by atoms with van der Waals surface area (Å²) in [7, 11) is 0. The molecule has 0 spiro atoms. The van der Waals surface area contributed by atoms with Gasteiger partial charge < -0.3 is 15.5 Å². The molecule has 0 aliphatic carbocycles. The van der Waals surface area contributed by atoms with Crippen molar-refractivity contribution < 1.29 is 4.79 Å². The Morgan fingerprint density at radius 1 is 1.29 bits per heavy atom. The van der Waals surface area contributed by atoms with E-state index < -0.39 is 0 Å². The van der Waals surface area contributed by atoms with Crippen molar-refractivity contribution in [3.63, 3.8) is 0 Å². The lowest BCUT2D eigenvalue weighted by atomic mass is 10.4. The van der Waals surface area contributed by atoms with Crippen molar-refractivity contribution in [3.8, 4) is 0 Å². The SMILES string of the molecule is CCNC(=NCC(=O)N1CCCC1)NCCCn1nc(C)cc1C. The van der Waals surface area contributed by atoms with Crippen LogP contribution in [0.2, 0.25) is 0 Å². The lowest BCUT2D eigenvalue weighted by molar-refractivity contribution is -0.128. The highest BCUT2D eigenvalue weighted by Crippen LogP contribution is 2.07. The van der Waals surface area contributed by atoms with Crippen LogP contribution in [-0.2, 0) is 11.3 Å². The topological polar surface area (TPSA) is 74.6 Å². The van der Waals surface area contributed by atoms with E-state index in [1.165, 1.54) is 5.69 Å². The van der Waals surface area contributed by atoms with Crippen LogP contribution in [0.5, 0.6) is 0 Å². The highest BCUT2D eigenvalue weighted by molar-refractivity contribution is 5.85. The molecule has 1 saturated heterocycles. The van der Waals surface area contributed by atoms with E-state index in [0.717, 1.165) is 57.7 Å². The zero-order chi connectivity index (χ0) is 17.4. The van der Waals surface area contributed by atoms with Crippen molar-refractivity contribution in [2.24, 2.45) is 4.99 Å². The van der Waals surface area contributed by atoms with Crippen molar-refractivity contribution >= 4 is 11.9 Å². The fraction of sp³-hybridized carbons (Fsp3) is 0.706. The second kappa shape index (κ2) is 9.30. The first-order chi connectivity index (χ1) is 11.6. The first-order valence-corrected chi connectivity index (χ1v) is 8.91. The van der Waals surface area contributed by atoms with Gasteiger partial charge in [0.1, 0.15) is 6.54 Å². The summed E-state index contributed by atoms with van der Waals surface area (Å²) in [5.74, 6) is 0.825. The van der Waals surface area contributed by atoms with Crippen LogP contribution in [0, 0.1) is 13.8 Å². The van der Waals surface area contributed by atoms with E-state index in [4.69, 9.17) is 0 Å². The van der Waals surface area contributed by atoms with E-state index in [0.29, 0.717) is 5.96 Å². The molecule has 134 valence electrons. The molecule has 0 bridgehead atoms. The van der Waals surface area contributed by atoms with E-state index >= 15 is 0 Å². The monoisotopic (exact) mass is 334 g/mol. The van der Waals surface area contributed by atoms with Crippen molar-refractivity contribution in [2.75, 3.05) is 32.7 Å². The van der Waals surface area contributed by atoms with Gasteiger partial charge >= 0.3 is 0 Å². The third-order valence-electron chi connectivity index (χ3n) is 4.12. The summed E-state index contributed by atoms with van der Waals surface area (Å²) in [4.78, 5) is 18.4. The number of aliphatic imine (C=N–C) groups is 1. The van der Waals surface area contributed by atoms with Crippen molar-refractivity contribution in [3.05, 3.63) is 17.5 Å². The number of hydrogen-bond donors (Lipinski definition) is 2. The van der Waals surface area contributed by atoms with Gasteiger partial charge in [-0.25, -0.2) is 4.99 Å². The fourth-order valence-corrected chi connectivity index (χ4v) is 2.89. The van der Waals surface area contributed by atoms with Gasteiger partial charge in [-0.1, -0.05) is 0 Å². The predicted molar refractivity (Wildman–Crippen MR) is 96.1 cm³/mol. The number of carbonyl (C=O) groups excluding carboxylic acids is 1. The average molecular weight is 334 g/mol. The number of carbonyl (C=O) groups is 1. The lowest BCUT2D eigenvalue weighted by Crippen LogP contribution is -2.39. The van der Waals surface area contributed by atoms with Crippen molar-refractivity contribution in [1.82, 2.24) is 25.3 Å². The van der Waals surface area contributed by atoms with Crippen LogP contribution in [0.1, 0.15) is 37.6 Å². The van der Waals surface area contributed by atoms with Gasteiger partial charge in [-0.15, -0.1) is 0 Å². The number of hydrogen-bond acceptors (Lipinski definition) is 3. The molecule has 7 nitrogen and oxygen atoms in total. The summed E-state index contributed by atoms with van der Waals surface area (Å²) in [6, 6.07) is 2.09. The molecule has 2 rings (SSSR count). The minimum atomic E-state index is 0.118. The summed E-state index contributed by atoms with van der Waals surface area (Å²) < 4.78 is 2.03. The molecule has 1 aromatic rings. The molecular weight excluding hydrogens is 304 g/mol.